The van der Waals surface area contributed by atoms with Gasteiger partial charge in [0.1, 0.15) is 5.78 Å². The molecule has 1 saturated carbocycles. The van der Waals surface area contributed by atoms with Crippen LogP contribution in [0, 0.1) is 5.92 Å². The van der Waals surface area contributed by atoms with E-state index in [0.717, 1.165) is 6.26 Å². The van der Waals surface area contributed by atoms with Crippen LogP contribution in [0.15, 0.2) is 23.1 Å². The van der Waals surface area contributed by atoms with Crippen molar-refractivity contribution in [3.63, 3.8) is 0 Å². The van der Waals surface area contributed by atoms with Gasteiger partial charge < -0.3 is 5.11 Å². The molecule has 0 radical (unpaired) electrons. The normalized spacial score (nSPS) is 20.1. The lowest BCUT2D eigenvalue weighted by molar-refractivity contribution is -0.139. The highest BCUT2D eigenvalue weighted by molar-refractivity contribution is 7.90. The molecule has 1 fully saturated rings. The van der Waals surface area contributed by atoms with Crippen molar-refractivity contribution in [2.45, 2.75) is 36.5 Å². The van der Waals surface area contributed by atoms with E-state index in [1.165, 1.54) is 18.2 Å². The topological polar surface area (TPSA) is 88.5 Å². The highest BCUT2D eigenvalue weighted by atomic mass is 35.5. The number of rotatable bonds is 5. The summed E-state index contributed by atoms with van der Waals surface area (Å²) in [6.45, 7) is 0. The zero-order chi connectivity index (χ0) is 16.5. The van der Waals surface area contributed by atoms with E-state index in [4.69, 9.17) is 11.6 Å². The number of hydrogen-bond acceptors (Lipinski definition) is 4. The third-order valence-corrected chi connectivity index (χ3v) is 5.55. The molecule has 1 N–H and O–H groups in total. The first-order valence-corrected chi connectivity index (χ1v) is 9.19. The second-order valence-electron chi connectivity index (χ2n) is 5.74. The van der Waals surface area contributed by atoms with Gasteiger partial charge in [-0.2, -0.15) is 0 Å². The molecule has 0 aromatic heterocycles. The number of carbonyl (C=O) groups excluding carboxylic acids is 1. The third kappa shape index (κ3) is 3.87. The van der Waals surface area contributed by atoms with Gasteiger partial charge in [-0.15, -0.1) is 0 Å². The van der Waals surface area contributed by atoms with E-state index in [2.05, 4.69) is 0 Å². The predicted molar refractivity (Wildman–Crippen MR) is 81.9 cm³/mol. The van der Waals surface area contributed by atoms with E-state index in [1.54, 1.807) is 0 Å². The predicted octanol–water partition coefficient (Wildman–Crippen LogP) is 2.67. The second kappa shape index (κ2) is 6.38. The Morgan fingerprint density at radius 1 is 1.45 bits per heavy atom. The molecular weight excluding hydrogens is 328 g/mol. The van der Waals surface area contributed by atoms with Crippen molar-refractivity contribution in [1.82, 2.24) is 0 Å². The van der Waals surface area contributed by atoms with E-state index >= 15 is 0 Å². The van der Waals surface area contributed by atoms with E-state index in [9.17, 15) is 23.1 Å². The van der Waals surface area contributed by atoms with Crippen molar-refractivity contribution in [2.75, 3.05) is 6.26 Å². The van der Waals surface area contributed by atoms with Crippen molar-refractivity contribution in [1.29, 1.82) is 0 Å². The number of ketones is 1. The lowest BCUT2D eigenvalue weighted by atomic mass is 9.88. The van der Waals surface area contributed by atoms with Crippen LogP contribution in [0.5, 0.6) is 0 Å². The summed E-state index contributed by atoms with van der Waals surface area (Å²) in [5, 5.41) is 9.45. The summed E-state index contributed by atoms with van der Waals surface area (Å²) in [6, 6.07) is 4.22. The summed E-state index contributed by atoms with van der Waals surface area (Å²) in [5.41, 5.74) is 0.462. The van der Waals surface area contributed by atoms with Gasteiger partial charge in [0.05, 0.1) is 15.8 Å². The summed E-state index contributed by atoms with van der Waals surface area (Å²) in [7, 11) is -3.45. The van der Waals surface area contributed by atoms with Gasteiger partial charge in [-0.1, -0.05) is 17.7 Å². The van der Waals surface area contributed by atoms with Crippen molar-refractivity contribution >= 4 is 33.2 Å². The fraction of sp³-hybridized carbons (Fsp3) is 0.467. The van der Waals surface area contributed by atoms with Gasteiger partial charge in [-0.3, -0.25) is 9.59 Å². The Morgan fingerprint density at radius 2 is 2.14 bits per heavy atom. The second-order valence-corrected chi connectivity index (χ2v) is 8.13. The first kappa shape index (κ1) is 17.0. The number of sulfone groups is 1. The number of Topliss-reactive ketones (excluding diaryl/α,β-unsaturated/α-hetero) is 1. The summed E-state index contributed by atoms with van der Waals surface area (Å²) >= 11 is 5.98. The average Bonchev–Trinajstić information content (AvgIpc) is 2.79. The standard InChI is InChI=1S/C15H17ClO5S/c1-22(20,21)14-5-3-10(8-13(14)16)12(15(18)19)7-9-2-4-11(17)6-9/h3,5,8-9,12H,2,4,6-7H2,1H3,(H,18,19)/t9-,12-/m1/s1. The molecule has 22 heavy (non-hydrogen) atoms. The molecule has 5 nitrogen and oxygen atoms in total. The number of hydrogen-bond donors (Lipinski definition) is 1. The number of benzene rings is 1. The Labute approximate surface area is 134 Å². The molecule has 0 spiro atoms. The molecule has 0 aliphatic heterocycles. The van der Waals surface area contributed by atoms with Gasteiger partial charge >= 0.3 is 5.97 Å². The number of carbonyl (C=O) groups is 2. The molecule has 0 bridgehead atoms. The van der Waals surface area contributed by atoms with Crippen molar-refractivity contribution in [2.24, 2.45) is 5.92 Å². The number of aliphatic carboxylic acids is 1. The summed E-state index contributed by atoms with van der Waals surface area (Å²) in [5.74, 6) is -1.56. The van der Waals surface area contributed by atoms with E-state index in [1.807, 2.05) is 0 Å². The molecule has 7 heteroatoms. The van der Waals surface area contributed by atoms with E-state index in [0.29, 0.717) is 31.2 Å². The number of carboxylic acid groups (broad SMARTS) is 1. The Balaban J connectivity index is 2.27. The maximum absolute atomic E-state index is 11.5. The summed E-state index contributed by atoms with van der Waals surface area (Å²) in [4.78, 5) is 22.8. The SMILES string of the molecule is CS(=O)(=O)c1ccc([C@@H](C[C@@H]2CCC(=O)C2)C(=O)O)cc1Cl. The Kier molecular flexibility index (Phi) is 4.92. The van der Waals surface area contributed by atoms with Crippen LogP contribution in [0.1, 0.15) is 37.2 Å². The molecule has 2 atom stereocenters. The molecule has 1 aromatic rings. The Hall–Kier alpha value is -1.40. The quantitative estimate of drug-likeness (QED) is 0.887. The fourth-order valence-corrected chi connectivity index (χ4v) is 4.18. The zero-order valence-electron chi connectivity index (χ0n) is 12.1. The molecule has 120 valence electrons. The van der Waals surface area contributed by atoms with Gasteiger partial charge in [-0.25, -0.2) is 8.42 Å². The highest BCUT2D eigenvalue weighted by Crippen LogP contribution is 2.34. The van der Waals surface area contributed by atoms with Crippen molar-refractivity contribution in [3.05, 3.63) is 28.8 Å². The molecule has 0 heterocycles. The average molecular weight is 345 g/mol. The molecular formula is C15H17ClO5S. The van der Waals surface area contributed by atoms with Gasteiger partial charge in [0, 0.05) is 19.1 Å². The molecule has 0 unspecified atom stereocenters. The first-order chi connectivity index (χ1) is 10.2. The molecule has 1 aromatic carbocycles. The number of carboxylic acids is 1. The number of halogens is 1. The summed E-state index contributed by atoms with van der Waals surface area (Å²) < 4.78 is 23.1. The lowest BCUT2D eigenvalue weighted by Crippen LogP contribution is -2.15. The van der Waals surface area contributed by atoms with E-state index in [-0.39, 0.29) is 21.6 Å². The van der Waals surface area contributed by atoms with Crippen molar-refractivity contribution in [3.8, 4) is 0 Å². The molecule has 2 rings (SSSR count). The Bertz CT molecular complexity index is 711. The third-order valence-electron chi connectivity index (χ3n) is 3.97. The molecule has 0 saturated heterocycles. The van der Waals surface area contributed by atoms with Gasteiger partial charge in [0.25, 0.3) is 0 Å². The maximum Gasteiger partial charge on any atom is 0.310 e. The highest BCUT2D eigenvalue weighted by Gasteiger charge is 2.30. The molecule has 1 aliphatic rings. The van der Waals surface area contributed by atoms with Gasteiger partial charge in [0.2, 0.25) is 0 Å². The van der Waals surface area contributed by atoms with Gasteiger partial charge in [-0.05, 0) is 36.5 Å². The first-order valence-electron chi connectivity index (χ1n) is 6.92. The maximum atomic E-state index is 11.5. The minimum absolute atomic E-state index is 0.0156. The van der Waals surface area contributed by atoms with E-state index < -0.39 is 21.7 Å². The fourth-order valence-electron chi connectivity index (χ4n) is 2.84. The minimum atomic E-state index is -3.45. The van der Waals surface area contributed by atoms with Crippen LogP contribution < -0.4 is 0 Å². The molecule has 1 aliphatic carbocycles. The van der Waals surface area contributed by atoms with Crippen molar-refractivity contribution < 1.29 is 23.1 Å². The van der Waals surface area contributed by atoms with Crippen LogP contribution >= 0.6 is 11.6 Å². The smallest absolute Gasteiger partial charge is 0.310 e. The van der Waals surface area contributed by atoms with Crippen LogP contribution in [0.25, 0.3) is 0 Å². The van der Waals surface area contributed by atoms with Gasteiger partial charge in [0.15, 0.2) is 9.84 Å². The van der Waals surface area contributed by atoms with Crippen LogP contribution in [-0.2, 0) is 19.4 Å². The molecule has 0 amide bonds. The Morgan fingerprint density at radius 3 is 2.59 bits per heavy atom. The lowest BCUT2D eigenvalue weighted by Gasteiger charge is -2.17. The van der Waals surface area contributed by atoms with Crippen LogP contribution in [0.3, 0.4) is 0 Å². The minimum Gasteiger partial charge on any atom is -0.481 e. The van der Waals surface area contributed by atoms with Crippen LogP contribution in [0.2, 0.25) is 5.02 Å². The summed E-state index contributed by atoms with van der Waals surface area (Å²) in [6.07, 6.45) is 3.03. The van der Waals surface area contributed by atoms with Crippen LogP contribution in [-0.4, -0.2) is 31.5 Å². The monoisotopic (exact) mass is 344 g/mol. The zero-order valence-corrected chi connectivity index (χ0v) is 13.7. The van der Waals surface area contributed by atoms with Crippen LogP contribution in [0.4, 0.5) is 0 Å². The largest absolute Gasteiger partial charge is 0.481 e.